The van der Waals surface area contributed by atoms with Crippen molar-refractivity contribution in [2.24, 2.45) is 0 Å². The molecule has 14 nitrogen and oxygen atoms in total. The van der Waals surface area contributed by atoms with E-state index < -0.39 is 66.5 Å². The summed E-state index contributed by atoms with van der Waals surface area (Å²) in [5.41, 5.74) is 0.408. The molecule has 2 rings (SSSR count). The predicted octanol–water partition coefficient (Wildman–Crippen LogP) is 0.870. The molecule has 0 bridgehead atoms. The maximum Gasteiger partial charge on any atom is 0.339 e. The van der Waals surface area contributed by atoms with E-state index in [1.165, 1.54) is 31.4 Å². The Kier molecular flexibility index (Phi) is 11.0. The largest absolute Gasteiger partial charge is 0.467 e. The predicted molar refractivity (Wildman–Crippen MR) is 127 cm³/mol. The molecule has 39 heavy (non-hydrogen) atoms. The Balaban J connectivity index is 2.58. The quantitative estimate of drug-likeness (QED) is 0.182. The number of ether oxygens (including phenoxy) is 8. The second kappa shape index (κ2) is 13.9. The van der Waals surface area contributed by atoms with E-state index in [0.29, 0.717) is 5.56 Å². The van der Waals surface area contributed by atoms with Crippen molar-refractivity contribution < 1.29 is 66.7 Å². The number of esters is 6. The average Bonchev–Trinajstić information content (AvgIpc) is 2.85. The lowest BCUT2D eigenvalue weighted by Gasteiger charge is -2.43. The third-order valence-corrected chi connectivity index (χ3v) is 4.91. The number of hydrogen-bond donors (Lipinski definition) is 0. The van der Waals surface area contributed by atoms with Crippen LogP contribution in [0.5, 0.6) is 11.5 Å². The van der Waals surface area contributed by atoms with E-state index in [9.17, 15) is 28.8 Å². The van der Waals surface area contributed by atoms with E-state index >= 15 is 0 Å². The van der Waals surface area contributed by atoms with Crippen molar-refractivity contribution in [3.8, 4) is 11.5 Å². The number of carbonyl (C=O) groups excluding carboxylic acids is 6. The van der Waals surface area contributed by atoms with Crippen LogP contribution in [0, 0.1) is 0 Å². The molecule has 0 aliphatic carbocycles. The molecule has 212 valence electrons. The summed E-state index contributed by atoms with van der Waals surface area (Å²) in [6.45, 7) is 4.28. The van der Waals surface area contributed by atoms with Crippen LogP contribution >= 0.6 is 0 Å². The highest BCUT2D eigenvalue weighted by Crippen LogP contribution is 2.35. The van der Waals surface area contributed by atoms with Crippen LogP contribution in [0.4, 0.5) is 0 Å². The second-order valence-electron chi connectivity index (χ2n) is 7.94. The third-order valence-electron chi connectivity index (χ3n) is 4.91. The van der Waals surface area contributed by atoms with E-state index in [2.05, 4.69) is 4.74 Å². The van der Waals surface area contributed by atoms with Gasteiger partial charge in [0.2, 0.25) is 12.4 Å². The van der Waals surface area contributed by atoms with Gasteiger partial charge in [-0.25, -0.2) is 9.59 Å². The molecule has 0 N–H and O–H groups in total. The number of rotatable bonds is 9. The van der Waals surface area contributed by atoms with Gasteiger partial charge in [0.1, 0.15) is 0 Å². The van der Waals surface area contributed by atoms with Crippen LogP contribution in [0.1, 0.15) is 33.3 Å². The van der Waals surface area contributed by atoms with Crippen LogP contribution in [-0.2, 0) is 57.2 Å². The molecule has 1 fully saturated rings. The van der Waals surface area contributed by atoms with Crippen LogP contribution < -0.4 is 9.47 Å². The van der Waals surface area contributed by atoms with Crippen LogP contribution in [0.2, 0.25) is 0 Å². The topological polar surface area (TPSA) is 176 Å². The van der Waals surface area contributed by atoms with Crippen LogP contribution in [0.25, 0.3) is 6.08 Å². The fourth-order valence-corrected chi connectivity index (χ4v) is 3.49. The molecule has 1 heterocycles. The number of hydrogen-bond acceptors (Lipinski definition) is 14. The molecule has 1 saturated heterocycles. The lowest BCUT2D eigenvalue weighted by Crippen LogP contribution is -2.64. The molecular weight excluding hydrogens is 524 g/mol. The standard InChI is InChI=1S/C25H28O14/c1-12(26)34-18-11-16(8-10-19(30)32-5)7-9-17(18)38-25-23(37-15(4)29)21(36-14(3)28)20(35-13(2)27)22(39-25)24(31)33-6/h7-11,20-23,25H,1-6H3/b10-8+/t20-,21-,22-,23+,25+/m0/s1. The van der Waals surface area contributed by atoms with Crippen LogP contribution in [0.15, 0.2) is 24.3 Å². The van der Waals surface area contributed by atoms with E-state index in [1.807, 2.05) is 0 Å². The molecule has 0 aromatic heterocycles. The monoisotopic (exact) mass is 552 g/mol. The first kappa shape index (κ1) is 30.8. The number of benzene rings is 1. The molecule has 1 aromatic rings. The van der Waals surface area contributed by atoms with Crippen molar-refractivity contribution in [1.29, 1.82) is 0 Å². The summed E-state index contributed by atoms with van der Waals surface area (Å²) in [6, 6.07) is 4.17. The molecule has 1 aromatic carbocycles. The first-order valence-corrected chi connectivity index (χ1v) is 11.4. The van der Waals surface area contributed by atoms with Crippen molar-refractivity contribution in [2.45, 2.75) is 58.4 Å². The minimum atomic E-state index is -1.68. The Labute approximate surface area is 223 Å². The normalized spacial score (nSPS) is 22.3. The van der Waals surface area contributed by atoms with E-state index in [0.717, 1.165) is 40.9 Å². The summed E-state index contributed by atoms with van der Waals surface area (Å²) < 4.78 is 41.9. The lowest BCUT2D eigenvalue weighted by molar-refractivity contribution is -0.282. The highest BCUT2D eigenvalue weighted by Gasteiger charge is 2.56. The molecule has 5 atom stereocenters. The van der Waals surface area contributed by atoms with E-state index in [1.54, 1.807) is 0 Å². The van der Waals surface area contributed by atoms with E-state index in [-0.39, 0.29) is 11.5 Å². The summed E-state index contributed by atoms with van der Waals surface area (Å²) in [7, 11) is 2.25. The van der Waals surface area contributed by atoms with Gasteiger partial charge >= 0.3 is 35.8 Å². The van der Waals surface area contributed by atoms with Gasteiger partial charge in [0.25, 0.3) is 0 Å². The van der Waals surface area contributed by atoms with Crippen molar-refractivity contribution in [1.82, 2.24) is 0 Å². The summed E-state index contributed by atoms with van der Waals surface area (Å²) in [5.74, 6) is -5.21. The van der Waals surface area contributed by atoms with Crippen LogP contribution in [-0.4, -0.2) is 80.7 Å². The van der Waals surface area contributed by atoms with E-state index in [4.69, 9.17) is 33.2 Å². The van der Waals surface area contributed by atoms with Gasteiger partial charge in [-0.15, -0.1) is 0 Å². The highest BCUT2D eigenvalue weighted by atomic mass is 16.7. The fourth-order valence-electron chi connectivity index (χ4n) is 3.49. The Morgan fingerprint density at radius 1 is 0.744 bits per heavy atom. The Hall–Kier alpha value is -4.46. The molecule has 1 aliphatic heterocycles. The lowest BCUT2D eigenvalue weighted by atomic mass is 9.97. The maximum atomic E-state index is 12.6. The molecule has 0 saturated carbocycles. The van der Waals surface area contributed by atoms with Gasteiger partial charge in [0.15, 0.2) is 29.8 Å². The van der Waals surface area contributed by atoms with Crippen molar-refractivity contribution in [3.63, 3.8) is 0 Å². The van der Waals surface area contributed by atoms with Crippen molar-refractivity contribution in [2.75, 3.05) is 14.2 Å². The molecule has 0 spiro atoms. The Morgan fingerprint density at radius 2 is 1.33 bits per heavy atom. The molecular formula is C25H28O14. The molecule has 0 radical (unpaired) electrons. The van der Waals surface area contributed by atoms with Gasteiger partial charge in [0.05, 0.1) is 14.2 Å². The zero-order valence-electron chi connectivity index (χ0n) is 22.0. The number of carbonyl (C=O) groups is 6. The van der Waals surface area contributed by atoms with Crippen molar-refractivity contribution in [3.05, 3.63) is 29.8 Å². The first-order chi connectivity index (χ1) is 18.4. The second-order valence-corrected chi connectivity index (χ2v) is 7.94. The molecule has 0 amide bonds. The Morgan fingerprint density at radius 3 is 1.87 bits per heavy atom. The minimum Gasteiger partial charge on any atom is -0.467 e. The zero-order valence-corrected chi connectivity index (χ0v) is 22.0. The number of methoxy groups -OCH3 is 2. The SMILES string of the molecule is COC(=O)/C=C/c1ccc(O[C@@H]2O[C@H](C(=O)OC)[C@@H](OC(C)=O)[C@H](OC(C)=O)[C@H]2OC(C)=O)c(OC(C)=O)c1. The van der Waals surface area contributed by atoms with Gasteiger partial charge < -0.3 is 37.9 Å². The minimum absolute atomic E-state index is 0.126. The summed E-state index contributed by atoms with van der Waals surface area (Å²) >= 11 is 0. The molecule has 0 unspecified atom stereocenters. The first-order valence-electron chi connectivity index (χ1n) is 11.4. The average molecular weight is 552 g/mol. The van der Waals surface area contributed by atoms with Gasteiger partial charge in [-0.3, -0.25) is 19.2 Å². The zero-order chi connectivity index (χ0) is 29.3. The highest BCUT2D eigenvalue weighted by molar-refractivity contribution is 5.87. The third kappa shape index (κ3) is 8.81. The van der Waals surface area contributed by atoms with Gasteiger partial charge in [0, 0.05) is 33.8 Å². The maximum absolute atomic E-state index is 12.6. The summed E-state index contributed by atoms with van der Waals surface area (Å²) in [5, 5.41) is 0. The van der Waals surface area contributed by atoms with Gasteiger partial charge in [-0.2, -0.15) is 0 Å². The van der Waals surface area contributed by atoms with Crippen molar-refractivity contribution >= 4 is 41.9 Å². The van der Waals surface area contributed by atoms with Crippen LogP contribution in [0.3, 0.4) is 0 Å². The Bertz CT molecular complexity index is 1140. The fraction of sp³-hybridized carbons (Fsp3) is 0.440. The smallest absolute Gasteiger partial charge is 0.339 e. The molecule has 14 heteroatoms. The summed E-state index contributed by atoms with van der Waals surface area (Å²) in [4.78, 5) is 71.4. The summed E-state index contributed by atoms with van der Waals surface area (Å²) in [6.07, 6.45) is -5.55. The van der Waals surface area contributed by atoms with Gasteiger partial charge in [-0.05, 0) is 23.8 Å². The van der Waals surface area contributed by atoms with Gasteiger partial charge in [-0.1, -0.05) is 6.07 Å². The molecule has 1 aliphatic rings.